The van der Waals surface area contributed by atoms with Gasteiger partial charge in [0.1, 0.15) is 11.8 Å². The molecular weight excluding hydrogens is 292 g/mol. The van der Waals surface area contributed by atoms with E-state index in [1.165, 1.54) is 18.9 Å². The van der Waals surface area contributed by atoms with E-state index < -0.39 is 5.91 Å². The molecule has 0 fully saturated rings. The molecule has 0 unspecified atom stereocenters. The fourth-order valence-corrected chi connectivity index (χ4v) is 1.29. The number of anilines is 1. The molecule has 21 heavy (non-hydrogen) atoms. The van der Waals surface area contributed by atoms with Crippen LogP contribution >= 0.6 is 0 Å². The monoisotopic (exact) mass is 305 g/mol. The average molecular weight is 305 g/mol. The maximum atomic E-state index is 10.4. The van der Waals surface area contributed by atoms with Gasteiger partial charge in [-0.15, -0.1) is 0 Å². The third kappa shape index (κ3) is 5.70. The number of nitrogens with two attached hydrogens (primary N) is 2. The molecule has 3 aromatic rings. The number of amides is 1. The summed E-state index contributed by atoms with van der Waals surface area (Å²) in [6, 6.07) is 3.29. The van der Waals surface area contributed by atoms with Crippen molar-refractivity contribution in [1.29, 1.82) is 0 Å². The second kappa shape index (κ2) is 9.82. The van der Waals surface area contributed by atoms with Crippen LogP contribution in [0.2, 0.25) is 0 Å². The summed E-state index contributed by atoms with van der Waals surface area (Å²) < 4.78 is 0. The molecule has 1 amide bonds. The molecule has 10 heteroatoms. The molecule has 0 saturated carbocycles. The first kappa shape index (κ1) is 20.0. The van der Waals surface area contributed by atoms with Crippen molar-refractivity contribution in [3.8, 4) is 0 Å². The van der Waals surface area contributed by atoms with Crippen molar-refractivity contribution in [1.82, 2.24) is 24.9 Å². The number of hydrogen-bond donors (Lipinski definition) is 3. The number of nitrogen functional groups attached to an aromatic ring is 1. The summed E-state index contributed by atoms with van der Waals surface area (Å²) in [5.41, 5.74) is 12.1. The number of H-pyrrole nitrogens is 1. The number of nitrogens with one attached hydrogen (secondary N) is 1. The summed E-state index contributed by atoms with van der Waals surface area (Å²) in [5.74, 6) is -0.0330. The normalized spacial score (nSPS) is 8.76. The predicted molar refractivity (Wildman–Crippen MR) is 83.1 cm³/mol. The molecule has 8 nitrogen and oxygen atoms in total. The Bertz CT molecular complexity index is 689. The van der Waals surface area contributed by atoms with E-state index in [9.17, 15) is 4.79 Å². The number of primary amides is 1. The topological polar surface area (TPSA) is 136 Å². The van der Waals surface area contributed by atoms with Crippen LogP contribution in [-0.4, -0.2) is 89.9 Å². The Morgan fingerprint density at radius 2 is 1.95 bits per heavy atom. The van der Waals surface area contributed by atoms with E-state index in [-0.39, 0.29) is 59.1 Å². The molecule has 0 aliphatic heterocycles. The molecule has 0 aromatic carbocycles. The zero-order chi connectivity index (χ0) is 13.7. The summed E-state index contributed by atoms with van der Waals surface area (Å²) in [6.45, 7) is 0. The van der Waals surface area contributed by atoms with Crippen molar-refractivity contribution in [3.05, 3.63) is 42.7 Å². The summed E-state index contributed by atoms with van der Waals surface area (Å²) >= 11 is 0. The minimum absolute atomic E-state index is 0. The molecule has 0 radical (unpaired) electrons. The van der Waals surface area contributed by atoms with Gasteiger partial charge in [0, 0.05) is 12.4 Å². The number of aromatic amines is 1. The van der Waals surface area contributed by atoms with Crippen LogP contribution in [0.3, 0.4) is 0 Å². The number of rotatable bonds is 1. The van der Waals surface area contributed by atoms with Gasteiger partial charge in [0.15, 0.2) is 11.5 Å². The van der Waals surface area contributed by atoms with Crippen LogP contribution < -0.4 is 11.5 Å². The van der Waals surface area contributed by atoms with E-state index in [4.69, 9.17) is 11.5 Å². The Morgan fingerprint density at radius 3 is 2.48 bits per heavy atom. The molecule has 0 saturated heterocycles. The Labute approximate surface area is 164 Å². The molecule has 3 rings (SSSR count). The van der Waals surface area contributed by atoms with Crippen molar-refractivity contribution in [2.45, 2.75) is 0 Å². The molecule has 0 aliphatic carbocycles. The van der Waals surface area contributed by atoms with Gasteiger partial charge in [0.25, 0.3) is 0 Å². The molecule has 0 bridgehead atoms. The fraction of sp³-hybridized carbons (Fsp3) is 0. The molecule has 0 atom stereocenters. The second-order valence-electron chi connectivity index (χ2n) is 3.46. The van der Waals surface area contributed by atoms with E-state index in [2.05, 4.69) is 24.9 Å². The molecule has 5 N–H and O–H groups in total. The van der Waals surface area contributed by atoms with E-state index in [1.54, 1.807) is 18.3 Å². The number of hydrogen-bond acceptors (Lipinski definition) is 6. The van der Waals surface area contributed by atoms with Crippen LogP contribution in [0.15, 0.2) is 37.2 Å². The molecule has 3 aromatic heterocycles. The summed E-state index contributed by atoms with van der Waals surface area (Å²) in [4.78, 5) is 28.5. The quantitative estimate of drug-likeness (QED) is 0.484. The first-order valence-electron chi connectivity index (χ1n) is 5.28. The standard InChI is InChI=1S/C6H6N2O.C5H5N5.2Na.2H/c7-6(9)5-2-1-3-8-4-5;6-4-3-5(9-1-7-3)10-2-8-4;;;;/h1-4H,(H2,7,9);1-2H,(H3,6,7,8,9,10);;;;. The molecular formula is C11H13N7Na2O. The van der Waals surface area contributed by atoms with Crippen molar-refractivity contribution >= 4 is 82.0 Å². The number of fused-ring (bicyclic) bond motifs is 1. The van der Waals surface area contributed by atoms with Crippen LogP contribution in [0, 0.1) is 0 Å². The molecule has 100 valence electrons. The van der Waals surface area contributed by atoms with Gasteiger partial charge < -0.3 is 16.5 Å². The SMILES string of the molecule is NC(=O)c1cccnc1.Nc1ncnc2[nH]cnc12.[NaH].[NaH]. The van der Waals surface area contributed by atoms with Gasteiger partial charge >= 0.3 is 59.1 Å². The zero-order valence-corrected chi connectivity index (χ0v) is 9.82. The van der Waals surface area contributed by atoms with Crippen molar-refractivity contribution < 1.29 is 4.79 Å². The summed E-state index contributed by atoms with van der Waals surface area (Å²) in [7, 11) is 0. The second-order valence-corrected chi connectivity index (χ2v) is 3.46. The maximum absolute atomic E-state index is 10.4. The first-order valence-corrected chi connectivity index (χ1v) is 5.28. The van der Waals surface area contributed by atoms with Gasteiger partial charge in [-0.3, -0.25) is 9.78 Å². The van der Waals surface area contributed by atoms with Crippen LogP contribution in [0.25, 0.3) is 11.2 Å². The van der Waals surface area contributed by atoms with Crippen LogP contribution in [0.1, 0.15) is 10.4 Å². The Hall–Kier alpha value is -1.03. The van der Waals surface area contributed by atoms with Crippen molar-refractivity contribution in [3.63, 3.8) is 0 Å². The van der Waals surface area contributed by atoms with Crippen LogP contribution in [0.5, 0.6) is 0 Å². The molecule has 3 heterocycles. The Balaban J connectivity index is 0.000000350. The number of carbonyl (C=O) groups is 1. The molecule has 0 aliphatic rings. The van der Waals surface area contributed by atoms with Gasteiger partial charge in [0.05, 0.1) is 11.9 Å². The predicted octanol–water partition coefficient (Wildman–Crippen LogP) is -1.18. The van der Waals surface area contributed by atoms with E-state index in [0.29, 0.717) is 22.5 Å². The van der Waals surface area contributed by atoms with Gasteiger partial charge in [-0.1, -0.05) is 0 Å². The summed E-state index contributed by atoms with van der Waals surface area (Å²) in [5, 5.41) is 0. The zero-order valence-electron chi connectivity index (χ0n) is 9.82. The number of pyridine rings is 1. The molecule has 0 spiro atoms. The van der Waals surface area contributed by atoms with E-state index in [1.807, 2.05) is 0 Å². The Kier molecular flexibility index (Phi) is 9.34. The number of aromatic nitrogens is 5. The van der Waals surface area contributed by atoms with Gasteiger partial charge in [0.2, 0.25) is 5.91 Å². The van der Waals surface area contributed by atoms with E-state index in [0.717, 1.165) is 0 Å². The summed E-state index contributed by atoms with van der Waals surface area (Å²) in [6.07, 6.45) is 5.96. The van der Waals surface area contributed by atoms with E-state index >= 15 is 0 Å². The Morgan fingerprint density at radius 1 is 1.19 bits per heavy atom. The van der Waals surface area contributed by atoms with Crippen LogP contribution in [-0.2, 0) is 0 Å². The van der Waals surface area contributed by atoms with Gasteiger partial charge in [-0.05, 0) is 12.1 Å². The van der Waals surface area contributed by atoms with Gasteiger partial charge in [-0.25, -0.2) is 15.0 Å². The average Bonchev–Trinajstić information content (AvgIpc) is 2.90. The minimum atomic E-state index is -0.442. The fourth-order valence-electron chi connectivity index (χ4n) is 1.29. The third-order valence-corrected chi connectivity index (χ3v) is 2.19. The third-order valence-electron chi connectivity index (χ3n) is 2.19. The first-order chi connectivity index (χ1) is 9.18. The van der Waals surface area contributed by atoms with Crippen LogP contribution in [0.4, 0.5) is 5.82 Å². The number of nitrogens with zero attached hydrogens (tertiary/aromatic N) is 4. The van der Waals surface area contributed by atoms with Crippen molar-refractivity contribution in [2.75, 3.05) is 5.73 Å². The van der Waals surface area contributed by atoms with Crippen molar-refractivity contribution in [2.24, 2.45) is 5.73 Å². The number of carbonyl (C=O) groups excluding carboxylic acids is 1. The number of imidazole rings is 1. The van der Waals surface area contributed by atoms with Gasteiger partial charge in [-0.2, -0.15) is 0 Å².